The van der Waals surface area contributed by atoms with Crippen LogP contribution >= 0.6 is 15.9 Å². The first-order chi connectivity index (χ1) is 6.67. The van der Waals surface area contributed by atoms with Gasteiger partial charge < -0.3 is 15.5 Å². The minimum atomic E-state index is -0.421. The minimum Gasteiger partial charge on any atom is -0.394 e. The fraction of sp³-hybridized carbons (Fsp3) is 0.500. The Balaban J connectivity index is 2.72. The summed E-state index contributed by atoms with van der Waals surface area (Å²) in [5.41, 5.74) is 0.803. The highest BCUT2D eigenvalue weighted by Crippen LogP contribution is 2.13. The molecule has 6 heteroatoms. The molecular formula is C8H12BrN3O2. The van der Waals surface area contributed by atoms with Gasteiger partial charge in [-0.25, -0.2) is 9.97 Å². The average molecular weight is 262 g/mol. The van der Waals surface area contributed by atoms with E-state index in [1.807, 2.05) is 6.92 Å². The van der Waals surface area contributed by atoms with E-state index in [-0.39, 0.29) is 13.2 Å². The van der Waals surface area contributed by atoms with Crippen LogP contribution in [0.4, 0.5) is 5.95 Å². The number of nitrogens with zero attached hydrogens (tertiary/aromatic N) is 2. The van der Waals surface area contributed by atoms with Crippen molar-refractivity contribution in [2.75, 3.05) is 18.5 Å². The third kappa shape index (κ3) is 2.90. The second-order valence-corrected chi connectivity index (χ2v) is 3.69. The molecule has 0 saturated carbocycles. The summed E-state index contributed by atoms with van der Waals surface area (Å²) in [7, 11) is 0. The molecule has 1 aromatic heterocycles. The van der Waals surface area contributed by atoms with Crippen LogP contribution in [0.25, 0.3) is 0 Å². The zero-order chi connectivity index (χ0) is 10.6. The van der Waals surface area contributed by atoms with Crippen LogP contribution in [0.1, 0.15) is 5.69 Å². The van der Waals surface area contributed by atoms with Crippen molar-refractivity contribution >= 4 is 21.9 Å². The average Bonchev–Trinajstić information content (AvgIpc) is 2.19. The molecule has 0 aliphatic rings. The highest BCUT2D eigenvalue weighted by atomic mass is 79.9. The molecule has 0 spiro atoms. The van der Waals surface area contributed by atoms with Crippen molar-refractivity contribution < 1.29 is 10.2 Å². The summed E-state index contributed by atoms with van der Waals surface area (Å²) in [5, 5.41) is 20.5. The second-order valence-electron chi connectivity index (χ2n) is 2.83. The van der Waals surface area contributed by atoms with Gasteiger partial charge >= 0.3 is 0 Å². The van der Waals surface area contributed by atoms with E-state index >= 15 is 0 Å². The highest BCUT2D eigenvalue weighted by molar-refractivity contribution is 9.10. The lowest BCUT2D eigenvalue weighted by Crippen LogP contribution is -2.28. The van der Waals surface area contributed by atoms with E-state index in [1.165, 1.54) is 0 Å². The normalized spacial score (nSPS) is 10.6. The van der Waals surface area contributed by atoms with Crippen LogP contribution in [0.2, 0.25) is 0 Å². The number of aryl methyl sites for hydroxylation is 1. The molecule has 0 aliphatic carbocycles. The number of aromatic nitrogens is 2. The fourth-order valence-corrected chi connectivity index (χ4v) is 1.04. The maximum absolute atomic E-state index is 8.82. The first-order valence-electron chi connectivity index (χ1n) is 4.14. The largest absolute Gasteiger partial charge is 0.394 e. The Hall–Kier alpha value is -0.720. The molecule has 0 unspecified atom stereocenters. The summed E-state index contributed by atoms with van der Waals surface area (Å²) < 4.78 is 0.826. The molecule has 1 aromatic rings. The van der Waals surface area contributed by atoms with Crippen molar-refractivity contribution in [2.45, 2.75) is 13.0 Å². The maximum atomic E-state index is 8.82. The first kappa shape index (κ1) is 11.4. The SMILES string of the molecule is Cc1nc(NC(CO)CO)ncc1Br. The van der Waals surface area contributed by atoms with Gasteiger partial charge in [0.1, 0.15) is 0 Å². The van der Waals surface area contributed by atoms with E-state index in [0.717, 1.165) is 10.2 Å². The van der Waals surface area contributed by atoms with Gasteiger partial charge in [-0.3, -0.25) is 0 Å². The number of anilines is 1. The summed E-state index contributed by atoms with van der Waals surface area (Å²) >= 11 is 3.28. The van der Waals surface area contributed by atoms with E-state index in [9.17, 15) is 0 Å². The predicted molar refractivity (Wildman–Crippen MR) is 56.1 cm³/mol. The number of aliphatic hydroxyl groups is 2. The molecule has 1 heterocycles. The zero-order valence-corrected chi connectivity index (χ0v) is 9.32. The summed E-state index contributed by atoms with van der Waals surface area (Å²) in [4.78, 5) is 8.10. The van der Waals surface area contributed by atoms with Crippen LogP contribution < -0.4 is 5.32 Å². The third-order valence-electron chi connectivity index (χ3n) is 1.69. The first-order valence-corrected chi connectivity index (χ1v) is 4.94. The van der Waals surface area contributed by atoms with Crippen LogP contribution in [0.15, 0.2) is 10.7 Å². The Morgan fingerprint density at radius 3 is 2.64 bits per heavy atom. The third-order valence-corrected chi connectivity index (χ3v) is 2.47. The molecule has 0 aliphatic heterocycles. The van der Waals surface area contributed by atoms with Crippen LogP contribution in [0.3, 0.4) is 0 Å². The molecule has 0 amide bonds. The lowest BCUT2D eigenvalue weighted by atomic mass is 10.3. The summed E-state index contributed by atoms with van der Waals surface area (Å²) in [6.45, 7) is 1.52. The number of halogens is 1. The molecule has 5 nitrogen and oxygen atoms in total. The van der Waals surface area contributed by atoms with Gasteiger partial charge in [0.25, 0.3) is 0 Å². The summed E-state index contributed by atoms with van der Waals surface area (Å²) in [6.07, 6.45) is 1.62. The second kappa shape index (κ2) is 5.23. The van der Waals surface area contributed by atoms with E-state index in [2.05, 4.69) is 31.2 Å². The number of hydrogen-bond donors (Lipinski definition) is 3. The van der Waals surface area contributed by atoms with Gasteiger partial charge in [0.2, 0.25) is 5.95 Å². The van der Waals surface area contributed by atoms with Gasteiger partial charge in [0.05, 0.1) is 29.4 Å². The van der Waals surface area contributed by atoms with Crippen molar-refractivity contribution in [3.8, 4) is 0 Å². The Labute approximate surface area is 90.3 Å². The molecule has 1 rings (SSSR count). The van der Waals surface area contributed by atoms with Crippen LogP contribution in [0, 0.1) is 6.92 Å². The Morgan fingerprint density at radius 1 is 1.50 bits per heavy atom. The smallest absolute Gasteiger partial charge is 0.223 e. The lowest BCUT2D eigenvalue weighted by Gasteiger charge is -2.13. The molecule has 0 atom stereocenters. The van der Waals surface area contributed by atoms with Gasteiger partial charge in [-0.2, -0.15) is 0 Å². The van der Waals surface area contributed by atoms with Crippen LogP contribution in [-0.2, 0) is 0 Å². The number of rotatable bonds is 4. The van der Waals surface area contributed by atoms with Gasteiger partial charge in [-0.05, 0) is 22.9 Å². The molecule has 0 saturated heterocycles. The van der Waals surface area contributed by atoms with Crippen molar-refractivity contribution in [1.82, 2.24) is 9.97 Å². The van der Waals surface area contributed by atoms with Crippen molar-refractivity contribution in [3.05, 3.63) is 16.4 Å². The van der Waals surface area contributed by atoms with Crippen molar-refractivity contribution in [2.24, 2.45) is 0 Å². The minimum absolute atomic E-state index is 0.158. The molecule has 0 bridgehead atoms. The van der Waals surface area contributed by atoms with Crippen molar-refractivity contribution in [1.29, 1.82) is 0 Å². The Morgan fingerprint density at radius 2 is 2.14 bits per heavy atom. The monoisotopic (exact) mass is 261 g/mol. The number of nitrogens with one attached hydrogen (secondary N) is 1. The lowest BCUT2D eigenvalue weighted by molar-refractivity contribution is 0.203. The van der Waals surface area contributed by atoms with E-state index in [1.54, 1.807) is 6.20 Å². The Bertz CT molecular complexity index is 305. The standard InChI is InChI=1S/C8H12BrN3O2/c1-5-7(9)2-10-8(11-5)12-6(3-13)4-14/h2,6,13-14H,3-4H2,1H3,(H,10,11,12). The van der Waals surface area contributed by atoms with Gasteiger partial charge in [-0.15, -0.1) is 0 Å². The quantitative estimate of drug-likeness (QED) is 0.728. The van der Waals surface area contributed by atoms with E-state index < -0.39 is 6.04 Å². The number of hydrogen-bond acceptors (Lipinski definition) is 5. The van der Waals surface area contributed by atoms with Gasteiger partial charge in [0.15, 0.2) is 0 Å². The molecule has 0 aromatic carbocycles. The zero-order valence-electron chi connectivity index (χ0n) is 7.74. The molecule has 14 heavy (non-hydrogen) atoms. The Kier molecular flexibility index (Phi) is 4.24. The summed E-state index contributed by atoms with van der Waals surface area (Å²) in [5.74, 6) is 0.402. The molecule has 0 fully saturated rings. The predicted octanol–water partition coefficient (Wildman–Crippen LogP) is 0.313. The molecule has 78 valence electrons. The highest BCUT2D eigenvalue weighted by Gasteiger charge is 2.07. The van der Waals surface area contributed by atoms with Gasteiger partial charge in [-0.1, -0.05) is 0 Å². The topological polar surface area (TPSA) is 78.3 Å². The number of aliphatic hydroxyl groups excluding tert-OH is 2. The van der Waals surface area contributed by atoms with Crippen LogP contribution in [-0.4, -0.2) is 39.4 Å². The van der Waals surface area contributed by atoms with E-state index in [4.69, 9.17) is 10.2 Å². The molecular weight excluding hydrogens is 250 g/mol. The van der Waals surface area contributed by atoms with Gasteiger partial charge in [0, 0.05) is 6.20 Å². The summed E-state index contributed by atoms with van der Waals surface area (Å²) in [6, 6.07) is -0.421. The maximum Gasteiger partial charge on any atom is 0.223 e. The molecule has 0 radical (unpaired) electrons. The van der Waals surface area contributed by atoms with Crippen LogP contribution in [0.5, 0.6) is 0 Å². The fourth-order valence-electron chi connectivity index (χ4n) is 0.853. The van der Waals surface area contributed by atoms with Crippen molar-refractivity contribution in [3.63, 3.8) is 0 Å². The molecule has 3 N–H and O–H groups in total. The van der Waals surface area contributed by atoms with E-state index in [0.29, 0.717) is 5.95 Å².